The molecule has 3 fully saturated rings. The summed E-state index contributed by atoms with van der Waals surface area (Å²) in [6.45, 7) is 28.4. The average Bonchev–Trinajstić information content (AvgIpc) is 3.01. The number of rotatable bonds is 4. The quantitative estimate of drug-likeness (QED) is 0.341. The van der Waals surface area contributed by atoms with E-state index in [-0.39, 0.29) is 33.1 Å². The number of carbonyl (C=O) groups is 1. The first-order valence-corrected chi connectivity index (χ1v) is 20.4. The van der Waals surface area contributed by atoms with Gasteiger partial charge in [0, 0.05) is 17.3 Å². The number of hydrogen-bond acceptors (Lipinski definition) is 3. The van der Waals surface area contributed by atoms with Crippen molar-refractivity contribution in [3.8, 4) is 0 Å². The second-order valence-corrected chi connectivity index (χ2v) is 25.5. The van der Waals surface area contributed by atoms with Crippen LogP contribution in [0.1, 0.15) is 93.9 Å². The van der Waals surface area contributed by atoms with Crippen LogP contribution < -0.4 is 0 Å². The van der Waals surface area contributed by atoms with Crippen LogP contribution in [-0.2, 0) is 13.6 Å². The molecule has 3 saturated carbocycles. The summed E-state index contributed by atoms with van der Waals surface area (Å²) in [5.41, 5.74) is 2.92. The number of Topliss-reactive ketones (excluding diaryl/α,β-unsaturated/α-hetero) is 1. The fourth-order valence-electron chi connectivity index (χ4n) is 7.17. The van der Waals surface area contributed by atoms with Gasteiger partial charge in [0.1, 0.15) is 5.78 Å². The third kappa shape index (κ3) is 4.42. The highest BCUT2D eigenvalue weighted by Gasteiger charge is 2.60. The lowest BCUT2D eigenvalue weighted by Gasteiger charge is -2.58. The Morgan fingerprint density at radius 1 is 0.861 bits per heavy atom. The van der Waals surface area contributed by atoms with Crippen molar-refractivity contribution in [1.82, 2.24) is 0 Å². The van der Waals surface area contributed by atoms with Crippen LogP contribution in [0, 0.1) is 22.7 Å². The van der Waals surface area contributed by atoms with Gasteiger partial charge >= 0.3 is 0 Å². The van der Waals surface area contributed by atoms with Crippen LogP contribution in [0.2, 0.25) is 36.3 Å². The Labute approximate surface area is 224 Å². The molecule has 4 aliphatic carbocycles. The van der Waals surface area contributed by atoms with Crippen molar-refractivity contribution in [3.05, 3.63) is 23.3 Å². The molecule has 0 aromatic heterocycles. The molecule has 3 nitrogen and oxygen atoms in total. The van der Waals surface area contributed by atoms with E-state index in [2.05, 4.69) is 93.7 Å². The van der Waals surface area contributed by atoms with Gasteiger partial charge in [-0.3, -0.25) is 4.79 Å². The second-order valence-electron chi connectivity index (χ2n) is 16.0. The third-order valence-corrected chi connectivity index (χ3v) is 20.8. The molecule has 4 aliphatic rings. The molecule has 0 saturated heterocycles. The lowest BCUT2D eigenvalue weighted by Crippen LogP contribution is -2.58. The molecule has 204 valence electrons. The first kappa shape index (κ1) is 28.5. The Balaban J connectivity index is 1.74. The highest BCUT2D eigenvalue weighted by Crippen LogP contribution is 2.63. The Hall–Kier alpha value is -0.496. The molecule has 0 aromatic rings. The van der Waals surface area contributed by atoms with Crippen LogP contribution in [-0.4, -0.2) is 34.6 Å². The van der Waals surface area contributed by atoms with Gasteiger partial charge in [-0.05, 0) is 80.2 Å². The standard InChI is InChI=1S/C31H54O3Si2/c1-28(2,3)35(9,10)33-22-19-21-13-14-23-24-15-16-26(32)30(24,7)18-17-25(23)31(21,8)27(20-22)34-36(11,12)29(4,5)6/h13-14,22,24-25,27H,15-20H2,1-12H3/t22-,24?,25?,27+,30+,31+/m1/s1. The molecule has 0 heterocycles. The smallest absolute Gasteiger partial charge is 0.192 e. The monoisotopic (exact) mass is 530 g/mol. The van der Waals surface area contributed by atoms with Crippen molar-refractivity contribution in [2.75, 3.05) is 0 Å². The predicted octanol–water partition coefficient (Wildman–Crippen LogP) is 8.83. The molecular formula is C31H54O3Si2. The molecule has 0 spiro atoms. The highest BCUT2D eigenvalue weighted by molar-refractivity contribution is 6.74. The fraction of sp³-hybridized carbons (Fsp3) is 0.839. The van der Waals surface area contributed by atoms with Crippen LogP contribution in [0.4, 0.5) is 0 Å². The summed E-state index contributed by atoms with van der Waals surface area (Å²) in [6.07, 6.45) is 11.2. The third-order valence-electron chi connectivity index (χ3n) is 11.8. The van der Waals surface area contributed by atoms with E-state index in [1.54, 1.807) is 5.57 Å². The van der Waals surface area contributed by atoms with Crippen molar-refractivity contribution in [1.29, 1.82) is 0 Å². The summed E-state index contributed by atoms with van der Waals surface area (Å²) < 4.78 is 14.5. The number of fused-ring (bicyclic) bond motifs is 5. The molecule has 0 aromatic carbocycles. The zero-order valence-electron chi connectivity index (χ0n) is 25.4. The maximum Gasteiger partial charge on any atom is 0.192 e. The molecule has 0 N–H and O–H groups in total. The van der Waals surface area contributed by atoms with Gasteiger partial charge in [-0.2, -0.15) is 0 Å². The van der Waals surface area contributed by atoms with Gasteiger partial charge in [0.25, 0.3) is 0 Å². The minimum atomic E-state index is -1.99. The largest absolute Gasteiger partial charge is 0.414 e. The fourth-order valence-corrected chi connectivity index (χ4v) is 9.94. The molecule has 0 radical (unpaired) electrons. The Morgan fingerprint density at radius 3 is 2.03 bits per heavy atom. The van der Waals surface area contributed by atoms with Crippen LogP contribution in [0.15, 0.2) is 23.3 Å². The van der Waals surface area contributed by atoms with Crippen molar-refractivity contribution in [2.24, 2.45) is 22.7 Å². The van der Waals surface area contributed by atoms with Gasteiger partial charge in [0.05, 0.1) is 12.2 Å². The van der Waals surface area contributed by atoms with E-state index < -0.39 is 16.6 Å². The molecule has 0 aliphatic heterocycles. The zero-order chi connectivity index (χ0) is 27.1. The Kier molecular flexibility index (Phi) is 6.94. The Morgan fingerprint density at radius 2 is 1.44 bits per heavy atom. The normalized spacial score (nSPS) is 37.6. The predicted molar refractivity (Wildman–Crippen MR) is 156 cm³/mol. The summed E-state index contributed by atoms with van der Waals surface area (Å²) in [5, 5.41) is 0.358. The maximum absolute atomic E-state index is 12.9. The van der Waals surface area contributed by atoms with Gasteiger partial charge in [-0.1, -0.05) is 78.7 Å². The molecule has 36 heavy (non-hydrogen) atoms. The molecule has 5 heteroatoms. The second kappa shape index (κ2) is 8.76. The summed E-state index contributed by atoms with van der Waals surface area (Å²) in [4.78, 5) is 12.9. The Bertz CT molecular complexity index is 963. The summed E-state index contributed by atoms with van der Waals surface area (Å²) in [7, 11) is -3.89. The summed E-state index contributed by atoms with van der Waals surface area (Å²) >= 11 is 0. The molecule has 2 unspecified atom stereocenters. The van der Waals surface area contributed by atoms with E-state index in [1.807, 2.05) is 0 Å². The van der Waals surface area contributed by atoms with E-state index in [4.69, 9.17) is 8.85 Å². The van der Waals surface area contributed by atoms with Crippen molar-refractivity contribution in [2.45, 2.75) is 142 Å². The van der Waals surface area contributed by atoms with Crippen LogP contribution >= 0.6 is 0 Å². The molecule has 0 amide bonds. The van der Waals surface area contributed by atoms with Gasteiger partial charge in [0.2, 0.25) is 0 Å². The summed E-state index contributed by atoms with van der Waals surface area (Å²) in [5.74, 6) is 1.38. The maximum atomic E-state index is 12.9. The number of carbonyl (C=O) groups excluding carboxylic acids is 1. The number of ketones is 1. The van der Waals surface area contributed by atoms with Crippen LogP contribution in [0.25, 0.3) is 0 Å². The minimum Gasteiger partial charge on any atom is -0.414 e. The number of hydrogen-bond donors (Lipinski definition) is 0. The van der Waals surface area contributed by atoms with E-state index in [0.717, 1.165) is 38.5 Å². The van der Waals surface area contributed by atoms with Crippen molar-refractivity contribution >= 4 is 22.4 Å². The highest BCUT2D eigenvalue weighted by atomic mass is 28.4. The molecule has 6 atom stereocenters. The van der Waals surface area contributed by atoms with Crippen LogP contribution in [0.5, 0.6) is 0 Å². The van der Waals surface area contributed by atoms with Gasteiger partial charge in [-0.25, -0.2) is 0 Å². The zero-order valence-corrected chi connectivity index (χ0v) is 27.4. The SMILES string of the molecule is CC(C)(C)[Si](C)(C)O[C@@H]1CC2=CC=C3C(CC[C@]4(C)C(=O)CCC34)[C@@]2(C)[C@@H](O[Si](C)(C)C(C)(C)C)C1. The molecular weight excluding hydrogens is 477 g/mol. The van der Waals surface area contributed by atoms with Gasteiger partial charge in [0.15, 0.2) is 16.6 Å². The van der Waals surface area contributed by atoms with Crippen molar-refractivity contribution in [3.63, 3.8) is 0 Å². The van der Waals surface area contributed by atoms with Gasteiger partial charge < -0.3 is 8.85 Å². The first-order valence-electron chi connectivity index (χ1n) is 14.5. The average molecular weight is 531 g/mol. The van der Waals surface area contributed by atoms with Crippen LogP contribution in [0.3, 0.4) is 0 Å². The van der Waals surface area contributed by atoms with E-state index in [1.165, 1.54) is 5.57 Å². The summed E-state index contributed by atoms with van der Waals surface area (Å²) in [6, 6.07) is 0. The van der Waals surface area contributed by atoms with Gasteiger partial charge in [-0.15, -0.1) is 0 Å². The van der Waals surface area contributed by atoms with Crippen molar-refractivity contribution < 1.29 is 13.6 Å². The number of allylic oxidation sites excluding steroid dienone is 3. The minimum absolute atomic E-state index is 0.0140. The molecule has 0 bridgehead atoms. The first-order chi connectivity index (χ1) is 16.2. The molecule has 4 rings (SSSR count). The van der Waals surface area contributed by atoms with E-state index in [9.17, 15) is 4.79 Å². The van der Waals surface area contributed by atoms with E-state index >= 15 is 0 Å². The topological polar surface area (TPSA) is 35.5 Å². The lowest BCUT2D eigenvalue weighted by molar-refractivity contribution is -0.128. The lowest BCUT2D eigenvalue weighted by atomic mass is 9.50. The van der Waals surface area contributed by atoms with E-state index in [0.29, 0.717) is 17.6 Å².